The van der Waals surface area contributed by atoms with Crippen LogP contribution >= 0.6 is 11.6 Å². The first-order valence-corrected chi connectivity index (χ1v) is 6.43. The summed E-state index contributed by atoms with van der Waals surface area (Å²) in [6.07, 6.45) is 0.488. The fraction of sp³-hybridized carbons (Fsp3) is 0.267. The van der Waals surface area contributed by atoms with Crippen LogP contribution in [0.2, 0.25) is 0 Å². The molecule has 2 aromatic rings. The molecule has 0 saturated carbocycles. The Labute approximate surface area is 112 Å². The summed E-state index contributed by atoms with van der Waals surface area (Å²) in [6, 6.07) is 14.1. The molecule has 0 spiro atoms. The third kappa shape index (κ3) is 2.82. The highest BCUT2D eigenvalue weighted by molar-refractivity contribution is 6.30. The lowest BCUT2D eigenvalue weighted by molar-refractivity contribution is -0.142. The van der Waals surface area contributed by atoms with Crippen LogP contribution in [0.5, 0.6) is 0 Å². The predicted octanol–water partition coefficient (Wildman–Crippen LogP) is 3.55. The van der Waals surface area contributed by atoms with Crippen LogP contribution in [0.3, 0.4) is 0 Å². The third-order valence-electron chi connectivity index (χ3n) is 2.82. The zero-order chi connectivity index (χ0) is 13.0. The molecule has 0 N–H and O–H groups in total. The maximum absolute atomic E-state index is 11.5. The average Bonchev–Trinajstić information content (AvgIpc) is 2.39. The van der Waals surface area contributed by atoms with Crippen LogP contribution in [0.15, 0.2) is 42.5 Å². The third-order valence-corrected chi connectivity index (χ3v) is 3.15. The number of esters is 1. The average molecular weight is 263 g/mol. The number of ether oxygens (including phenoxy) is 1. The molecule has 2 nitrogen and oxygen atoms in total. The molecule has 0 aliphatic heterocycles. The maximum Gasteiger partial charge on any atom is 0.324 e. The molecule has 0 fully saturated rings. The van der Waals surface area contributed by atoms with E-state index in [9.17, 15) is 4.79 Å². The van der Waals surface area contributed by atoms with Gasteiger partial charge in [0.05, 0.1) is 6.61 Å². The second kappa shape index (κ2) is 5.87. The minimum absolute atomic E-state index is 0.355. The zero-order valence-corrected chi connectivity index (χ0v) is 11.0. The van der Waals surface area contributed by atoms with Crippen molar-refractivity contribution in [3.8, 4) is 0 Å². The zero-order valence-electron chi connectivity index (χ0n) is 10.2. The lowest BCUT2D eigenvalue weighted by atomic mass is 10.0. The fourth-order valence-electron chi connectivity index (χ4n) is 1.98. The highest BCUT2D eigenvalue weighted by Gasteiger charge is 2.17. The molecule has 0 aromatic heterocycles. The number of hydrogen-bond acceptors (Lipinski definition) is 2. The van der Waals surface area contributed by atoms with Gasteiger partial charge in [0, 0.05) is 6.42 Å². The van der Waals surface area contributed by atoms with Gasteiger partial charge in [-0.15, -0.1) is 11.6 Å². The van der Waals surface area contributed by atoms with Gasteiger partial charge >= 0.3 is 5.97 Å². The normalized spacial score (nSPS) is 12.3. The fourth-order valence-corrected chi connectivity index (χ4v) is 2.21. The molecule has 1 atom stereocenters. The van der Waals surface area contributed by atoms with Crippen molar-refractivity contribution in [2.75, 3.05) is 6.61 Å². The van der Waals surface area contributed by atoms with Gasteiger partial charge in [-0.1, -0.05) is 42.5 Å². The van der Waals surface area contributed by atoms with Gasteiger partial charge in [-0.05, 0) is 23.3 Å². The number of carbonyl (C=O) groups is 1. The van der Waals surface area contributed by atoms with Gasteiger partial charge in [0.2, 0.25) is 0 Å². The van der Waals surface area contributed by atoms with Crippen molar-refractivity contribution in [2.45, 2.75) is 18.7 Å². The molecule has 2 rings (SSSR count). The van der Waals surface area contributed by atoms with Crippen LogP contribution in [0.1, 0.15) is 12.5 Å². The number of halogens is 1. The number of carbonyl (C=O) groups excluding carboxylic acids is 1. The minimum Gasteiger partial charge on any atom is -0.465 e. The molecule has 0 saturated heterocycles. The van der Waals surface area contributed by atoms with Gasteiger partial charge in [-0.2, -0.15) is 0 Å². The molecule has 0 heterocycles. The van der Waals surface area contributed by atoms with E-state index in [4.69, 9.17) is 16.3 Å². The Morgan fingerprint density at radius 3 is 2.72 bits per heavy atom. The summed E-state index contributed by atoms with van der Waals surface area (Å²) in [6.45, 7) is 2.14. The molecule has 0 aliphatic carbocycles. The van der Waals surface area contributed by atoms with Crippen LogP contribution in [0, 0.1) is 0 Å². The Balaban J connectivity index is 2.24. The van der Waals surface area contributed by atoms with E-state index in [1.54, 1.807) is 6.92 Å². The first-order chi connectivity index (χ1) is 8.72. The Hall–Kier alpha value is -1.54. The van der Waals surface area contributed by atoms with E-state index in [0.29, 0.717) is 13.0 Å². The largest absolute Gasteiger partial charge is 0.465 e. The van der Waals surface area contributed by atoms with E-state index in [-0.39, 0.29) is 5.97 Å². The molecular weight excluding hydrogens is 248 g/mol. The second-order valence-corrected chi connectivity index (χ2v) is 4.59. The highest BCUT2D eigenvalue weighted by atomic mass is 35.5. The van der Waals surface area contributed by atoms with Crippen molar-refractivity contribution >= 4 is 28.3 Å². The summed E-state index contributed by atoms with van der Waals surface area (Å²) in [5.41, 5.74) is 1.07. The SMILES string of the molecule is CCOC(=O)[C@H](Cl)Cc1cccc2ccccc12. The Kier molecular flexibility index (Phi) is 4.21. The van der Waals surface area contributed by atoms with Crippen molar-refractivity contribution in [3.05, 3.63) is 48.0 Å². The summed E-state index contributed by atoms with van der Waals surface area (Å²) in [4.78, 5) is 11.5. The van der Waals surface area contributed by atoms with Gasteiger partial charge in [-0.25, -0.2) is 0 Å². The first-order valence-electron chi connectivity index (χ1n) is 5.99. The van der Waals surface area contributed by atoms with Crippen LogP contribution in [0.4, 0.5) is 0 Å². The standard InChI is InChI=1S/C15H15ClO2/c1-2-18-15(17)14(16)10-12-8-5-7-11-6-3-4-9-13(11)12/h3-9,14H,2,10H2,1H3/t14-/m1/s1. The van der Waals surface area contributed by atoms with E-state index in [0.717, 1.165) is 16.3 Å². The number of rotatable bonds is 4. The molecule has 2 aromatic carbocycles. The van der Waals surface area contributed by atoms with Gasteiger partial charge < -0.3 is 4.74 Å². The minimum atomic E-state index is -0.629. The number of alkyl halides is 1. The highest BCUT2D eigenvalue weighted by Crippen LogP contribution is 2.21. The lowest BCUT2D eigenvalue weighted by Gasteiger charge is -2.10. The van der Waals surface area contributed by atoms with Crippen molar-refractivity contribution < 1.29 is 9.53 Å². The molecule has 3 heteroatoms. The number of hydrogen-bond donors (Lipinski definition) is 0. The first kappa shape index (κ1) is 12.9. The summed E-state index contributed by atoms with van der Waals surface area (Å²) in [7, 11) is 0. The number of benzene rings is 2. The maximum atomic E-state index is 11.5. The molecule has 0 unspecified atom stereocenters. The summed E-state index contributed by atoms with van der Waals surface area (Å²) >= 11 is 6.07. The van der Waals surface area contributed by atoms with Crippen molar-refractivity contribution in [1.29, 1.82) is 0 Å². The van der Waals surface area contributed by atoms with Gasteiger partial charge in [0.1, 0.15) is 5.38 Å². The number of fused-ring (bicyclic) bond motifs is 1. The van der Waals surface area contributed by atoms with Crippen LogP contribution < -0.4 is 0 Å². The molecule has 94 valence electrons. The smallest absolute Gasteiger partial charge is 0.324 e. The molecule has 0 bridgehead atoms. The Morgan fingerprint density at radius 1 is 1.22 bits per heavy atom. The topological polar surface area (TPSA) is 26.3 Å². The van der Waals surface area contributed by atoms with Crippen LogP contribution in [0.25, 0.3) is 10.8 Å². The van der Waals surface area contributed by atoms with Gasteiger partial charge in [0.15, 0.2) is 0 Å². The lowest BCUT2D eigenvalue weighted by Crippen LogP contribution is -2.20. The van der Waals surface area contributed by atoms with Gasteiger partial charge in [-0.3, -0.25) is 4.79 Å². The summed E-state index contributed by atoms with van der Waals surface area (Å²) < 4.78 is 4.92. The van der Waals surface area contributed by atoms with Crippen LogP contribution in [-0.2, 0) is 16.0 Å². The Bertz CT molecular complexity index is 546. The van der Waals surface area contributed by atoms with Crippen LogP contribution in [-0.4, -0.2) is 18.0 Å². The van der Waals surface area contributed by atoms with Crippen molar-refractivity contribution in [3.63, 3.8) is 0 Å². The van der Waals surface area contributed by atoms with E-state index in [1.807, 2.05) is 42.5 Å². The van der Waals surface area contributed by atoms with Crippen molar-refractivity contribution in [2.24, 2.45) is 0 Å². The molecule has 0 amide bonds. The van der Waals surface area contributed by atoms with Gasteiger partial charge in [0.25, 0.3) is 0 Å². The van der Waals surface area contributed by atoms with E-state index in [2.05, 4.69) is 0 Å². The summed E-state index contributed by atoms with van der Waals surface area (Å²) in [5, 5.41) is 1.66. The second-order valence-electron chi connectivity index (χ2n) is 4.06. The van der Waals surface area contributed by atoms with E-state index in [1.165, 1.54) is 0 Å². The monoisotopic (exact) mass is 262 g/mol. The van der Waals surface area contributed by atoms with Crippen molar-refractivity contribution in [1.82, 2.24) is 0 Å². The molecule has 18 heavy (non-hydrogen) atoms. The molecule has 0 aliphatic rings. The van der Waals surface area contributed by atoms with E-state index >= 15 is 0 Å². The summed E-state index contributed by atoms with van der Waals surface area (Å²) in [5.74, 6) is -0.355. The van der Waals surface area contributed by atoms with E-state index < -0.39 is 5.38 Å². The predicted molar refractivity (Wildman–Crippen MR) is 73.9 cm³/mol. The molecular formula is C15H15ClO2. The molecule has 0 radical (unpaired) electrons. The quantitative estimate of drug-likeness (QED) is 0.622. The Morgan fingerprint density at radius 2 is 1.94 bits per heavy atom.